The second kappa shape index (κ2) is 5.98. The van der Waals surface area contributed by atoms with Gasteiger partial charge in [0.1, 0.15) is 0 Å². The van der Waals surface area contributed by atoms with Crippen molar-refractivity contribution < 1.29 is 22.7 Å². The normalized spacial score (nSPS) is 13.7. The maximum atomic E-state index is 12.2. The largest absolute Gasteiger partial charge is 0.419 e. The van der Waals surface area contributed by atoms with Gasteiger partial charge in [-0.15, -0.1) is 0 Å². The average Bonchev–Trinajstić information content (AvgIpc) is 2.73. The lowest BCUT2D eigenvalue weighted by Gasteiger charge is -2.15. The Kier molecular flexibility index (Phi) is 4.47. The van der Waals surface area contributed by atoms with Crippen LogP contribution in [-0.4, -0.2) is 44.5 Å². The van der Waals surface area contributed by atoms with E-state index in [1.165, 1.54) is 36.9 Å². The van der Waals surface area contributed by atoms with Gasteiger partial charge in [-0.05, 0) is 12.1 Å². The number of nitrogens with zero attached hydrogens (tertiary/aromatic N) is 1. The summed E-state index contributed by atoms with van der Waals surface area (Å²) in [5, 5.41) is 9.11. The molecule has 2 aromatic rings. The quantitative estimate of drug-likeness (QED) is 0.737. The molecule has 0 aliphatic rings. The zero-order valence-corrected chi connectivity index (χ0v) is 12.4. The Morgan fingerprint density at radius 3 is 2.81 bits per heavy atom. The molecule has 1 atom stereocenters. The summed E-state index contributed by atoms with van der Waals surface area (Å²) < 4.78 is 37.8. The molecule has 0 saturated carbocycles. The predicted molar refractivity (Wildman–Crippen MR) is 74.5 cm³/mol. The van der Waals surface area contributed by atoms with E-state index in [0.717, 1.165) is 0 Å². The fraction of sp³-hybridized carbons (Fsp3) is 0.417. The van der Waals surface area contributed by atoms with Crippen LogP contribution in [0.25, 0.3) is 11.1 Å². The third kappa shape index (κ3) is 3.16. The number of hydrogen-bond acceptors (Lipinski definition) is 6. The zero-order valence-electron chi connectivity index (χ0n) is 11.6. The second-order valence-electron chi connectivity index (χ2n) is 4.51. The maximum Gasteiger partial charge on any atom is 0.419 e. The molecule has 2 N–H and O–H groups in total. The molecule has 0 amide bonds. The Morgan fingerprint density at radius 1 is 1.48 bits per heavy atom. The topological polar surface area (TPSA) is 111 Å². The number of rotatable bonds is 6. The summed E-state index contributed by atoms with van der Waals surface area (Å²) in [7, 11) is -0.917. The lowest BCUT2D eigenvalue weighted by molar-refractivity contribution is 0.139. The van der Waals surface area contributed by atoms with Crippen LogP contribution < -0.4 is 10.5 Å². The summed E-state index contributed by atoms with van der Waals surface area (Å²) in [6, 6.07) is 3.36. The van der Waals surface area contributed by atoms with Crippen LogP contribution in [0.4, 0.5) is 0 Å². The van der Waals surface area contributed by atoms with E-state index in [1.807, 2.05) is 0 Å². The highest BCUT2D eigenvalue weighted by atomic mass is 32.2. The molecule has 0 fully saturated rings. The third-order valence-electron chi connectivity index (χ3n) is 2.98. The van der Waals surface area contributed by atoms with Crippen LogP contribution in [0.5, 0.6) is 0 Å². The van der Waals surface area contributed by atoms with Gasteiger partial charge in [0.15, 0.2) is 5.58 Å². The Morgan fingerprint density at radius 2 is 2.19 bits per heavy atom. The van der Waals surface area contributed by atoms with E-state index in [-0.39, 0.29) is 17.1 Å². The lowest BCUT2D eigenvalue weighted by atomic mass is 10.3. The van der Waals surface area contributed by atoms with E-state index in [4.69, 9.17) is 14.3 Å². The van der Waals surface area contributed by atoms with Crippen LogP contribution in [-0.2, 0) is 21.8 Å². The first-order valence-electron chi connectivity index (χ1n) is 6.10. The van der Waals surface area contributed by atoms with Gasteiger partial charge in [-0.3, -0.25) is 4.57 Å². The number of benzene rings is 1. The molecule has 1 aromatic heterocycles. The highest BCUT2D eigenvalue weighted by molar-refractivity contribution is 7.89. The van der Waals surface area contributed by atoms with Crippen LogP contribution in [0.2, 0.25) is 0 Å². The van der Waals surface area contributed by atoms with Crippen LogP contribution >= 0.6 is 0 Å². The number of aliphatic hydroxyl groups excluding tert-OH is 1. The van der Waals surface area contributed by atoms with E-state index in [2.05, 4.69) is 4.72 Å². The molecule has 0 spiro atoms. The number of ether oxygens (including phenoxy) is 1. The Hall–Kier alpha value is -1.68. The van der Waals surface area contributed by atoms with Crippen molar-refractivity contribution in [3.8, 4) is 0 Å². The van der Waals surface area contributed by atoms with Gasteiger partial charge in [0, 0.05) is 20.2 Å². The summed E-state index contributed by atoms with van der Waals surface area (Å²) in [4.78, 5) is 11.3. The van der Waals surface area contributed by atoms with Gasteiger partial charge in [0.25, 0.3) is 0 Å². The number of methoxy groups -OCH3 is 1. The summed E-state index contributed by atoms with van der Waals surface area (Å²) in [6.45, 7) is -0.353. The first kappa shape index (κ1) is 15.7. The van der Waals surface area contributed by atoms with Crippen molar-refractivity contribution in [1.29, 1.82) is 0 Å². The van der Waals surface area contributed by atoms with Gasteiger partial charge in [0.05, 0.1) is 29.7 Å². The molecule has 9 heteroatoms. The minimum atomic E-state index is -3.85. The molecule has 0 aliphatic carbocycles. The van der Waals surface area contributed by atoms with E-state index >= 15 is 0 Å². The summed E-state index contributed by atoms with van der Waals surface area (Å²) in [6.07, 6.45) is 0. The van der Waals surface area contributed by atoms with Gasteiger partial charge in [-0.1, -0.05) is 0 Å². The van der Waals surface area contributed by atoms with E-state index < -0.39 is 28.4 Å². The van der Waals surface area contributed by atoms with Gasteiger partial charge < -0.3 is 14.3 Å². The Bertz CT molecular complexity index is 792. The molecule has 1 aromatic carbocycles. The Balaban J connectivity index is 2.38. The van der Waals surface area contributed by atoms with Crippen LogP contribution in [0.15, 0.2) is 32.3 Å². The van der Waals surface area contributed by atoms with Crippen LogP contribution in [0.3, 0.4) is 0 Å². The van der Waals surface area contributed by atoms with Gasteiger partial charge >= 0.3 is 5.76 Å². The maximum absolute atomic E-state index is 12.2. The number of sulfonamides is 1. The van der Waals surface area contributed by atoms with Gasteiger partial charge in [0.2, 0.25) is 10.0 Å². The van der Waals surface area contributed by atoms with Crippen LogP contribution in [0.1, 0.15) is 0 Å². The minimum absolute atomic E-state index is 0.0401. The van der Waals surface area contributed by atoms with E-state index in [9.17, 15) is 13.2 Å². The fourth-order valence-electron chi connectivity index (χ4n) is 1.89. The van der Waals surface area contributed by atoms with Gasteiger partial charge in [-0.25, -0.2) is 17.9 Å². The monoisotopic (exact) mass is 316 g/mol. The van der Waals surface area contributed by atoms with Crippen molar-refractivity contribution in [3.63, 3.8) is 0 Å². The lowest BCUT2D eigenvalue weighted by Crippen LogP contribution is -2.40. The SMILES string of the molecule is COCC(CO)NS(=O)(=O)c1ccc2c(c1)oc(=O)n2C. The molecule has 116 valence electrons. The molecule has 1 heterocycles. The molecule has 21 heavy (non-hydrogen) atoms. The number of aryl methyl sites for hydroxylation is 1. The fourth-order valence-corrected chi connectivity index (χ4v) is 3.12. The number of aromatic nitrogens is 1. The average molecular weight is 316 g/mol. The number of fused-ring (bicyclic) bond motifs is 1. The van der Waals surface area contributed by atoms with Crippen molar-refractivity contribution in [2.75, 3.05) is 20.3 Å². The van der Waals surface area contributed by atoms with Crippen molar-refractivity contribution in [1.82, 2.24) is 9.29 Å². The second-order valence-corrected chi connectivity index (χ2v) is 6.23. The predicted octanol–water partition coefficient (Wildman–Crippen LogP) is -0.583. The number of oxazole rings is 1. The molecule has 0 aliphatic heterocycles. The minimum Gasteiger partial charge on any atom is -0.408 e. The van der Waals surface area contributed by atoms with Crippen molar-refractivity contribution in [2.24, 2.45) is 7.05 Å². The first-order chi connectivity index (χ1) is 9.89. The summed E-state index contributed by atoms with van der Waals surface area (Å²) in [5.41, 5.74) is 0.673. The highest BCUT2D eigenvalue weighted by Gasteiger charge is 2.21. The number of nitrogens with one attached hydrogen (secondary N) is 1. The van der Waals surface area contributed by atoms with Crippen molar-refractivity contribution in [2.45, 2.75) is 10.9 Å². The smallest absolute Gasteiger partial charge is 0.408 e. The highest BCUT2D eigenvalue weighted by Crippen LogP contribution is 2.18. The van der Waals surface area contributed by atoms with Crippen molar-refractivity contribution >= 4 is 21.1 Å². The molecule has 0 bridgehead atoms. The van der Waals surface area contributed by atoms with Crippen LogP contribution in [0, 0.1) is 0 Å². The summed E-state index contributed by atoms with van der Waals surface area (Å²) >= 11 is 0. The standard InChI is InChI=1S/C12H16N2O6S/c1-14-10-4-3-9(5-11(10)20-12(14)16)21(17,18)13-8(6-15)7-19-2/h3-5,8,13,15H,6-7H2,1-2H3. The zero-order chi connectivity index (χ0) is 15.6. The molecule has 0 radical (unpaired) electrons. The molecular weight excluding hydrogens is 300 g/mol. The van der Waals surface area contributed by atoms with Crippen molar-refractivity contribution in [3.05, 3.63) is 28.7 Å². The molecule has 2 rings (SSSR count). The third-order valence-corrected chi connectivity index (χ3v) is 4.50. The number of hydrogen-bond donors (Lipinski definition) is 2. The number of aliphatic hydroxyl groups is 1. The Labute approximate surface area is 121 Å². The van der Waals surface area contributed by atoms with E-state index in [1.54, 1.807) is 0 Å². The molecule has 0 saturated heterocycles. The van der Waals surface area contributed by atoms with E-state index in [0.29, 0.717) is 5.52 Å². The molecular formula is C12H16N2O6S. The molecule has 8 nitrogen and oxygen atoms in total. The van der Waals surface area contributed by atoms with Gasteiger partial charge in [-0.2, -0.15) is 0 Å². The first-order valence-corrected chi connectivity index (χ1v) is 7.59. The summed E-state index contributed by atoms with van der Waals surface area (Å²) in [5.74, 6) is -0.569. The molecule has 1 unspecified atom stereocenters.